The van der Waals surface area contributed by atoms with Gasteiger partial charge in [0, 0.05) is 16.5 Å². The van der Waals surface area contributed by atoms with Gasteiger partial charge in [0.2, 0.25) is 0 Å². The molecule has 0 saturated carbocycles. The number of fused-ring (bicyclic) bond motifs is 1. The van der Waals surface area contributed by atoms with E-state index in [-0.39, 0.29) is 5.43 Å². The second-order valence-corrected chi connectivity index (χ2v) is 5.98. The van der Waals surface area contributed by atoms with Crippen LogP contribution in [-0.2, 0) is 0 Å². The van der Waals surface area contributed by atoms with Crippen molar-refractivity contribution in [3.05, 3.63) is 82.3 Å². The summed E-state index contributed by atoms with van der Waals surface area (Å²) in [5, 5.41) is 2.67. The molecular weight excluding hydrogens is 292 g/mol. The summed E-state index contributed by atoms with van der Waals surface area (Å²) < 4.78 is 5.90. The number of benzene rings is 2. The number of rotatable bonds is 2. The van der Waals surface area contributed by atoms with Gasteiger partial charge >= 0.3 is 0 Å². The lowest BCUT2D eigenvalue weighted by Gasteiger charge is -2.05. The van der Waals surface area contributed by atoms with Gasteiger partial charge in [-0.25, -0.2) is 0 Å². The molecule has 0 spiro atoms. The fourth-order valence-corrected chi connectivity index (χ4v) is 3.24. The van der Waals surface area contributed by atoms with Crippen molar-refractivity contribution in [2.45, 2.75) is 0 Å². The summed E-state index contributed by atoms with van der Waals surface area (Å²) in [6, 6.07) is 21.1. The summed E-state index contributed by atoms with van der Waals surface area (Å²) in [5.41, 5.74) is 2.64. The monoisotopic (exact) mass is 304 g/mol. The Labute approximate surface area is 131 Å². The highest BCUT2D eigenvalue weighted by molar-refractivity contribution is 7.13. The van der Waals surface area contributed by atoms with Crippen LogP contribution in [0.1, 0.15) is 0 Å². The molecule has 0 bridgehead atoms. The molecule has 2 heterocycles. The van der Waals surface area contributed by atoms with Crippen LogP contribution in [0.3, 0.4) is 0 Å². The second kappa shape index (κ2) is 5.28. The van der Waals surface area contributed by atoms with Gasteiger partial charge in [-0.1, -0.05) is 36.4 Å². The van der Waals surface area contributed by atoms with Crippen LogP contribution in [0.5, 0.6) is 0 Å². The van der Waals surface area contributed by atoms with E-state index < -0.39 is 0 Å². The van der Waals surface area contributed by atoms with Gasteiger partial charge in [-0.2, -0.15) is 0 Å². The Morgan fingerprint density at radius 1 is 0.818 bits per heavy atom. The lowest BCUT2D eigenvalue weighted by atomic mass is 10.1. The largest absolute Gasteiger partial charge is 0.456 e. The maximum Gasteiger partial charge on any atom is 0.193 e. The van der Waals surface area contributed by atoms with E-state index in [0.717, 1.165) is 11.1 Å². The molecule has 0 N–H and O–H groups in total. The summed E-state index contributed by atoms with van der Waals surface area (Å²) >= 11 is 1.69. The quantitative estimate of drug-likeness (QED) is 0.510. The minimum atomic E-state index is -0.0154. The lowest BCUT2D eigenvalue weighted by Crippen LogP contribution is -1.99. The molecule has 2 aromatic heterocycles. The van der Waals surface area contributed by atoms with Crippen molar-refractivity contribution >= 4 is 22.3 Å². The van der Waals surface area contributed by atoms with Crippen LogP contribution in [0.4, 0.5) is 0 Å². The maximum atomic E-state index is 12.2. The van der Waals surface area contributed by atoms with E-state index in [1.54, 1.807) is 23.5 Å². The van der Waals surface area contributed by atoms with Gasteiger partial charge in [-0.15, -0.1) is 11.3 Å². The average molecular weight is 304 g/mol. The van der Waals surface area contributed by atoms with Crippen LogP contribution in [0.15, 0.2) is 81.3 Å². The van der Waals surface area contributed by atoms with Gasteiger partial charge < -0.3 is 4.42 Å². The SMILES string of the molecule is O=c1cc(-c2cccc(-c3cccs3)c2)oc2ccccc12. The van der Waals surface area contributed by atoms with Crippen molar-refractivity contribution < 1.29 is 4.42 Å². The maximum absolute atomic E-state index is 12.2. The van der Waals surface area contributed by atoms with E-state index in [1.165, 1.54) is 4.88 Å². The van der Waals surface area contributed by atoms with Gasteiger partial charge in [0.25, 0.3) is 0 Å². The topological polar surface area (TPSA) is 30.2 Å². The van der Waals surface area contributed by atoms with Gasteiger partial charge in [0.05, 0.1) is 5.39 Å². The van der Waals surface area contributed by atoms with Gasteiger partial charge in [0.15, 0.2) is 5.43 Å². The van der Waals surface area contributed by atoms with E-state index >= 15 is 0 Å². The van der Waals surface area contributed by atoms with Crippen molar-refractivity contribution in [2.24, 2.45) is 0 Å². The standard InChI is InChI=1S/C19H12O2S/c20-16-12-18(21-17-8-2-1-7-15(16)17)13-5-3-6-14(11-13)19-9-4-10-22-19/h1-12H. The molecule has 22 heavy (non-hydrogen) atoms. The van der Waals surface area contributed by atoms with Crippen LogP contribution in [0.2, 0.25) is 0 Å². The highest BCUT2D eigenvalue weighted by atomic mass is 32.1. The Morgan fingerprint density at radius 3 is 2.55 bits per heavy atom. The first-order chi connectivity index (χ1) is 10.8. The Morgan fingerprint density at radius 2 is 1.68 bits per heavy atom. The molecule has 0 amide bonds. The molecule has 0 fully saturated rings. The predicted octanol–water partition coefficient (Wildman–Crippen LogP) is 5.19. The summed E-state index contributed by atoms with van der Waals surface area (Å²) in [7, 11) is 0. The highest BCUT2D eigenvalue weighted by Gasteiger charge is 2.08. The van der Waals surface area contributed by atoms with E-state index in [1.807, 2.05) is 36.4 Å². The fraction of sp³-hybridized carbons (Fsp3) is 0. The van der Waals surface area contributed by atoms with Crippen LogP contribution < -0.4 is 5.43 Å². The Hall–Kier alpha value is -2.65. The zero-order valence-electron chi connectivity index (χ0n) is 11.7. The van der Waals surface area contributed by atoms with Crippen LogP contribution >= 0.6 is 11.3 Å². The van der Waals surface area contributed by atoms with Crippen molar-refractivity contribution in [3.8, 4) is 21.8 Å². The first-order valence-corrected chi connectivity index (χ1v) is 7.86. The average Bonchev–Trinajstić information content (AvgIpc) is 3.09. The van der Waals surface area contributed by atoms with Crippen molar-refractivity contribution in [1.82, 2.24) is 0 Å². The fourth-order valence-electron chi connectivity index (χ4n) is 2.51. The molecule has 4 rings (SSSR count). The van der Waals surface area contributed by atoms with Crippen molar-refractivity contribution in [1.29, 1.82) is 0 Å². The summed E-state index contributed by atoms with van der Waals surface area (Å²) in [6.45, 7) is 0. The molecule has 0 aliphatic heterocycles. The third-order valence-corrected chi connectivity index (χ3v) is 4.51. The third-order valence-electron chi connectivity index (χ3n) is 3.59. The first-order valence-electron chi connectivity index (χ1n) is 6.98. The third kappa shape index (κ3) is 2.26. The molecule has 0 atom stereocenters. The highest BCUT2D eigenvalue weighted by Crippen LogP contribution is 2.29. The van der Waals surface area contributed by atoms with Gasteiger partial charge in [-0.3, -0.25) is 4.79 Å². The summed E-state index contributed by atoms with van der Waals surface area (Å²) in [6.07, 6.45) is 0. The molecule has 4 aromatic rings. The Balaban J connectivity index is 1.89. The Kier molecular flexibility index (Phi) is 3.13. The first kappa shape index (κ1) is 13.0. The molecule has 0 radical (unpaired) electrons. The van der Waals surface area contributed by atoms with E-state index in [4.69, 9.17) is 4.42 Å². The normalized spacial score (nSPS) is 10.9. The predicted molar refractivity (Wildman–Crippen MR) is 91.2 cm³/mol. The minimum Gasteiger partial charge on any atom is -0.456 e. The number of hydrogen-bond donors (Lipinski definition) is 0. The van der Waals surface area contributed by atoms with E-state index in [0.29, 0.717) is 16.7 Å². The van der Waals surface area contributed by atoms with Crippen LogP contribution in [0.25, 0.3) is 32.7 Å². The number of hydrogen-bond acceptors (Lipinski definition) is 3. The van der Waals surface area contributed by atoms with Gasteiger partial charge in [0.1, 0.15) is 11.3 Å². The van der Waals surface area contributed by atoms with Gasteiger partial charge in [-0.05, 0) is 35.2 Å². The molecule has 2 aromatic carbocycles. The second-order valence-electron chi connectivity index (χ2n) is 5.03. The zero-order chi connectivity index (χ0) is 14.9. The molecule has 0 aliphatic rings. The zero-order valence-corrected chi connectivity index (χ0v) is 12.5. The number of para-hydroxylation sites is 1. The van der Waals surface area contributed by atoms with E-state index in [9.17, 15) is 4.79 Å². The molecule has 106 valence electrons. The molecule has 3 heteroatoms. The summed E-state index contributed by atoms with van der Waals surface area (Å²) in [5.74, 6) is 0.599. The molecular formula is C19H12O2S. The lowest BCUT2D eigenvalue weighted by molar-refractivity contribution is 0.619. The Bertz CT molecular complexity index is 997. The molecule has 2 nitrogen and oxygen atoms in total. The molecule has 0 aliphatic carbocycles. The van der Waals surface area contributed by atoms with E-state index in [2.05, 4.69) is 23.6 Å². The summed E-state index contributed by atoms with van der Waals surface area (Å²) in [4.78, 5) is 13.4. The van der Waals surface area contributed by atoms with Crippen molar-refractivity contribution in [2.75, 3.05) is 0 Å². The van der Waals surface area contributed by atoms with Crippen LogP contribution in [0, 0.1) is 0 Å². The smallest absolute Gasteiger partial charge is 0.193 e. The molecule has 0 saturated heterocycles. The number of thiophene rings is 1. The van der Waals surface area contributed by atoms with Crippen LogP contribution in [-0.4, -0.2) is 0 Å². The molecule has 0 unspecified atom stereocenters. The minimum absolute atomic E-state index is 0.0154. The van der Waals surface area contributed by atoms with Crippen molar-refractivity contribution in [3.63, 3.8) is 0 Å².